The number of rotatable bonds is 29. The summed E-state index contributed by atoms with van der Waals surface area (Å²) in [6.07, 6.45) is 3.18. The Morgan fingerprint density at radius 3 is 1.36 bits per heavy atom. The number of nitrogens with zero attached hydrogens (tertiary/aromatic N) is 6. The van der Waals surface area contributed by atoms with Crippen molar-refractivity contribution < 1.29 is 45.4 Å². The van der Waals surface area contributed by atoms with Crippen molar-refractivity contribution in [3.05, 3.63) is 116 Å². The molecule has 4 saturated heterocycles. The van der Waals surface area contributed by atoms with E-state index in [1.54, 1.807) is 60.7 Å². The lowest BCUT2D eigenvalue weighted by Crippen LogP contribution is -2.54. The van der Waals surface area contributed by atoms with Crippen molar-refractivity contribution in [1.29, 1.82) is 10.5 Å². The summed E-state index contributed by atoms with van der Waals surface area (Å²) in [5.74, 6) is 1.05. The van der Waals surface area contributed by atoms with Crippen LogP contribution >= 0.6 is 23.2 Å². The fourth-order valence-electron chi connectivity index (χ4n) is 13.3. The molecular formula is C64H86Cl2N14O10S2. The second-order valence-electron chi connectivity index (χ2n) is 24.6. The van der Waals surface area contributed by atoms with E-state index in [0.29, 0.717) is 175 Å². The Morgan fingerprint density at radius 2 is 0.967 bits per heavy atom. The van der Waals surface area contributed by atoms with Crippen LogP contribution in [0, 0.1) is 22.7 Å². The Bertz CT molecular complexity index is 3270. The van der Waals surface area contributed by atoms with Gasteiger partial charge >= 0.3 is 12.1 Å². The molecular weight excluding hydrogens is 1260 g/mol. The molecule has 8 N–H and O–H groups in total. The molecule has 0 aromatic heterocycles. The van der Waals surface area contributed by atoms with Crippen molar-refractivity contribution in [3.63, 3.8) is 0 Å². The van der Waals surface area contributed by atoms with Gasteiger partial charge in [0.2, 0.25) is 20.0 Å². The van der Waals surface area contributed by atoms with Gasteiger partial charge in [0.05, 0.1) is 71.6 Å². The maximum atomic E-state index is 13.5. The normalized spacial score (nSPS) is 23.7. The fraction of sp³-hybridized carbons (Fsp3) is 0.562. The number of ether oxygens (including phenoxy) is 4. The molecule has 0 radical (unpaired) electrons. The first kappa shape index (κ1) is 68.9. The van der Waals surface area contributed by atoms with Gasteiger partial charge in [-0.2, -0.15) is 10.5 Å². The lowest BCUT2D eigenvalue weighted by atomic mass is 10.0. The molecule has 2 aliphatic carbocycles. The van der Waals surface area contributed by atoms with Crippen molar-refractivity contribution in [2.75, 3.05) is 131 Å². The third kappa shape index (κ3) is 18.5. The Balaban J connectivity index is 0.525. The van der Waals surface area contributed by atoms with Crippen LogP contribution in [0.15, 0.2) is 82.6 Å². The third-order valence-corrected chi connectivity index (χ3v) is 21.5. The van der Waals surface area contributed by atoms with Crippen molar-refractivity contribution in [3.8, 4) is 23.6 Å². The molecule has 92 heavy (non-hydrogen) atoms. The molecule has 28 heteroatoms. The predicted octanol–water partition coefficient (Wildman–Crippen LogP) is 4.23. The number of likely N-dealkylation sites (tertiary alicyclic amines) is 2. The van der Waals surface area contributed by atoms with Gasteiger partial charge in [0, 0.05) is 126 Å². The topological polar surface area (TPSA) is 296 Å². The second-order valence-corrected chi connectivity index (χ2v) is 28.9. The SMILES string of the molecule is C[C@H]1CN([C@H]2Cc3c(C#N)cc(Cl)cc3[C@@H]2Oc2ccc(S(=O)(=O)N[C@H]3CCN(CCOCCNC(=O)NCCCCNC(=O)NCCOCCN4CC[C@H](NS(=O)(=O)c5ccc(O[C@H]6c7cc(Cl)cc(C#N)c7C[C@@H]6N6CCN[C@@H](C)C6)cc5)C4)C3)cc2)CCN1. The Morgan fingerprint density at radius 1 is 0.565 bits per heavy atom. The van der Waals surface area contributed by atoms with E-state index in [1.165, 1.54) is 0 Å². The van der Waals surface area contributed by atoms with Gasteiger partial charge in [-0.1, -0.05) is 23.2 Å². The molecule has 4 amide bonds. The molecule has 0 unspecified atom stereocenters. The first-order valence-corrected chi connectivity index (χ1v) is 35.8. The number of hydrogen-bond acceptors (Lipinski definition) is 18. The van der Waals surface area contributed by atoms with Crippen LogP contribution in [0.3, 0.4) is 0 Å². The number of carbonyl (C=O) groups excluding carboxylic acids is 2. The zero-order chi connectivity index (χ0) is 64.8. The lowest BCUT2D eigenvalue weighted by molar-refractivity contribution is 0.0594. The first-order valence-electron chi connectivity index (χ1n) is 32.0. The summed E-state index contributed by atoms with van der Waals surface area (Å²) in [6.45, 7) is 16.1. The van der Waals surface area contributed by atoms with Crippen LogP contribution in [-0.2, 0) is 42.4 Å². The predicted molar refractivity (Wildman–Crippen MR) is 349 cm³/mol. The summed E-state index contributed by atoms with van der Waals surface area (Å²) in [4.78, 5) is 34.0. The minimum Gasteiger partial charge on any atom is -0.484 e. The van der Waals surface area contributed by atoms with Gasteiger partial charge in [-0.05, 0) is 161 Å². The number of hydrogen-bond donors (Lipinski definition) is 8. The number of carbonyl (C=O) groups is 2. The van der Waals surface area contributed by atoms with Gasteiger partial charge < -0.3 is 50.8 Å². The van der Waals surface area contributed by atoms with E-state index < -0.39 is 20.0 Å². The molecule has 8 atom stereocenters. The summed E-state index contributed by atoms with van der Waals surface area (Å²) in [6, 6.07) is 24.2. The highest BCUT2D eigenvalue weighted by atomic mass is 35.5. The highest BCUT2D eigenvalue weighted by Gasteiger charge is 2.43. The number of fused-ring (bicyclic) bond motifs is 2. The molecule has 0 spiro atoms. The lowest BCUT2D eigenvalue weighted by Gasteiger charge is -2.38. The summed E-state index contributed by atoms with van der Waals surface area (Å²) >= 11 is 12.9. The number of unbranched alkanes of at least 4 members (excludes halogenated alkanes) is 1. The van der Waals surface area contributed by atoms with Gasteiger partial charge in [0.25, 0.3) is 0 Å². The smallest absolute Gasteiger partial charge is 0.314 e. The Kier molecular flexibility index (Phi) is 24.3. The van der Waals surface area contributed by atoms with Crippen molar-refractivity contribution in [1.82, 2.24) is 60.9 Å². The van der Waals surface area contributed by atoms with Crippen LogP contribution < -0.4 is 50.8 Å². The molecule has 4 fully saturated rings. The number of sulfonamides is 2. The zero-order valence-electron chi connectivity index (χ0n) is 52.3. The van der Waals surface area contributed by atoms with Gasteiger partial charge in [-0.25, -0.2) is 35.9 Å². The minimum atomic E-state index is -3.81. The number of amides is 4. The van der Waals surface area contributed by atoms with Crippen LogP contribution in [0.1, 0.15) is 85.1 Å². The van der Waals surface area contributed by atoms with E-state index in [4.69, 9.17) is 42.1 Å². The average molecular weight is 1350 g/mol. The highest BCUT2D eigenvalue weighted by Crippen LogP contribution is 2.43. The van der Waals surface area contributed by atoms with E-state index >= 15 is 0 Å². The molecule has 498 valence electrons. The van der Waals surface area contributed by atoms with Gasteiger partial charge in [0.1, 0.15) is 23.7 Å². The van der Waals surface area contributed by atoms with E-state index in [9.17, 15) is 36.9 Å². The molecule has 4 aromatic rings. The van der Waals surface area contributed by atoms with Crippen LogP contribution in [-0.4, -0.2) is 216 Å². The molecule has 10 rings (SSSR count). The number of benzene rings is 4. The molecule has 24 nitrogen and oxygen atoms in total. The van der Waals surface area contributed by atoms with Crippen LogP contribution in [0.25, 0.3) is 0 Å². The fourth-order valence-corrected chi connectivity index (χ4v) is 16.3. The summed E-state index contributed by atoms with van der Waals surface area (Å²) < 4.78 is 84.5. The summed E-state index contributed by atoms with van der Waals surface area (Å²) in [5, 5.41) is 38.9. The maximum Gasteiger partial charge on any atom is 0.314 e. The van der Waals surface area contributed by atoms with E-state index in [2.05, 4.69) is 86.9 Å². The van der Waals surface area contributed by atoms with E-state index in [-0.39, 0.29) is 58.2 Å². The molecule has 4 aromatic carbocycles. The van der Waals surface area contributed by atoms with Gasteiger partial charge in [-0.15, -0.1) is 0 Å². The Labute approximate surface area is 550 Å². The van der Waals surface area contributed by atoms with Crippen LogP contribution in [0.5, 0.6) is 11.5 Å². The number of urea groups is 2. The number of nitrogens with one attached hydrogen (secondary N) is 8. The standard InChI is InChI=1S/C64H86Cl2N14O10S2/c1-43-39-79(23-17-69-43)59-35-55-45(37-67)31-47(65)33-57(55)61(59)89-51-5-9-53(10-6-51)91(83,84)75-49-13-21-77(41-49)25-29-87-27-19-73-63(81)71-15-3-4-16-72-64(82)74-20-28-88-30-26-78-22-14-50(42-78)76-92(85,86)54-11-7-52(8-12-54)90-62-58-34-48(66)32-46(38-68)56(58)36-60(62)80-24-18-70-44(2)40-80/h5-12,31-34,43-44,49-50,59-62,69-70,75-76H,3-4,13-30,35-36,39-42H2,1-2H3,(H2,71,73,81)(H2,72,74,82)/t43-,44-,49-,50-,59-,60-,61-,62-/m0/s1. The van der Waals surface area contributed by atoms with Crippen molar-refractivity contribution >= 4 is 55.3 Å². The van der Waals surface area contributed by atoms with Gasteiger partial charge in [0.15, 0.2) is 0 Å². The van der Waals surface area contributed by atoms with Crippen LogP contribution in [0.4, 0.5) is 9.59 Å². The largest absolute Gasteiger partial charge is 0.484 e. The highest BCUT2D eigenvalue weighted by molar-refractivity contribution is 7.89. The first-order chi connectivity index (χ1) is 44.4. The number of nitriles is 2. The molecule has 0 saturated carbocycles. The molecule has 0 bridgehead atoms. The number of piperazine rings is 2. The van der Waals surface area contributed by atoms with E-state index in [1.807, 2.05) is 12.1 Å². The third-order valence-electron chi connectivity index (χ3n) is 17.9. The summed E-state index contributed by atoms with van der Waals surface area (Å²) in [7, 11) is -7.62. The Hall–Kier alpha value is -5.92. The monoisotopic (exact) mass is 1340 g/mol. The minimum absolute atomic E-state index is 0.0108. The van der Waals surface area contributed by atoms with Crippen molar-refractivity contribution in [2.24, 2.45) is 0 Å². The van der Waals surface area contributed by atoms with Crippen molar-refractivity contribution in [2.45, 2.75) is 111 Å². The maximum absolute atomic E-state index is 13.5. The molecule has 4 aliphatic heterocycles. The number of halogens is 2. The molecule has 6 aliphatic rings. The molecule has 4 heterocycles. The average Bonchev–Trinajstić information content (AvgIpc) is 1.64. The quantitative estimate of drug-likeness (QED) is 0.0353. The second kappa shape index (κ2) is 32.5. The van der Waals surface area contributed by atoms with E-state index in [0.717, 1.165) is 61.5 Å². The zero-order valence-corrected chi connectivity index (χ0v) is 55.4. The summed E-state index contributed by atoms with van der Waals surface area (Å²) in [5.41, 5.74) is 4.75. The van der Waals surface area contributed by atoms with Crippen LogP contribution in [0.2, 0.25) is 10.0 Å². The van der Waals surface area contributed by atoms with Gasteiger partial charge in [-0.3, -0.25) is 19.6 Å².